The lowest BCUT2D eigenvalue weighted by Gasteiger charge is -1.92. The topological polar surface area (TPSA) is 26.3 Å². The van der Waals surface area contributed by atoms with Gasteiger partial charge in [0.25, 0.3) is 0 Å². The second-order valence-electron chi connectivity index (χ2n) is 1.13. The molecule has 3 heteroatoms. The van der Waals surface area contributed by atoms with Crippen molar-refractivity contribution < 1.29 is 9.53 Å². The highest BCUT2D eigenvalue weighted by Gasteiger charge is 2.00. The van der Waals surface area contributed by atoms with Crippen molar-refractivity contribution in [2.45, 2.75) is 6.92 Å². The van der Waals surface area contributed by atoms with Crippen molar-refractivity contribution in [3.05, 3.63) is 9.66 Å². The fraction of sp³-hybridized carbons (Fsp3) is 0.400. The van der Waals surface area contributed by atoms with Gasteiger partial charge in [0.15, 0.2) is 0 Å². The van der Waals surface area contributed by atoms with Crippen molar-refractivity contribution >= 4 is 28.6 Å². The second-order valence-corrected chi connectivity index (χ2v) is 2.29. The fourth-order valence-electron chi connectivity index (χ4n) is 0.215. The summed E-state index contributed by atoms with van der Waals surface area (Å²) in [5, 5.41) is 0. The van der Waals surface area contributed by atoms with Crippen molar-refractivity contribution in [2.24, 2.45) is 0 Å². The molecule has 0 heterocycles. The summed E-state index contributed by atoms with van der Waals surface area (Å²) < 4.78 is 5.00. The number of allylic oxidation sites excluding steroid dienone is 1. The Balaban J connectivity index is 3.83. The quantitative estimate of drug-likeness (QED) is 0.384. The van der Waals surface area contributed by atoms with Crippen LogP contribution in [0.2, 0.25) is 0 Å². The minimum absolute atomic E-state index is 0.270. The number of esters is 1. The molecular formula is C5H7IO2. The summed E-state index contributed by atoms with van der Waals surface area (Å²) in [6.07, 6.45) is 1.70. The lowest BCUT2D eigenvalue weighted by atomic mass is 10.5. The molecule has 0 spiro atoms. The van der Waals surface area contributed by atoms with Gasteiger partial charge in [-0.3, -0.25) is 0 Å². The fourth-order valence-corrected chi connectivity index (χ4v) is 0.436. The lowest BCUT2D eigenvalue weighted by molar-refractivity contribution is -0.135. The van der Waals surface area contributed by atoms with E-state index in [-0.39, 0.29) is 5.97 Å². The molecule has 0 saturated carbocycles. The Labute approximate surface area is 62.0 Å². The van der Waals surface area contributed by atoms with Gasteiger partial charge in [-0.2, -0.15) is 0 Å². The molecular weight excluding hydrogens is 219 g/mol. The summed E-state index contributed by atoms with van der Waals surface area (Å²) in [6.45, 7) is 1.79. The number of methoxy groups -OCH3 is 1. The van der Waals surface area contributed by atoms with Crippen LogP contribution in [0.15, 0.2) is 9.66 Å². The maximum absolute atomic E-state index is 10.4. The minimum Gasteiger partial charge on any atom is -0.465 e. The van der Waals surface area contributed by atoms with Crippen LogP contribution in [0.3, 0.4) is 0 Å². The van der Waals surface area contributed by atoms with Crippen LogP contribution in [0, 0.1) is 0 Å². The van der Waals surface area contributed by atoms with E-state index in [0.29, 0.717) is 3.58 Å². The first-order chi connectivity index (χ1) is 3.72. The van der Waals surface area contributed by atoms with Gasteiger partial charge < -0.3 is 4.74 Å². The van der Waals surface area contributed by atoms with E-state index in [2.05, 4.69) is 4.74 Å². The molecule has 0 aromatic carbocycles. The molecule has 0 aliphatic heterocycles. The van der Waals surface area contributed by atoms with Crippen molar-refractivity contribution in [2.75, 3.05) is 7.11 Å². The van der Waals surface area contributed by atoms with Crippen LogP contribution in [-0.2, 0) is 9.53 Å². The summed E-state index contributed by atoms with van der Waals surface area (Å²) >= 11 is 1.92. The summed E-state index contributed by atoms with van der Waals surface area (Å²) in [5.74, 6) is -0.270. The number of carbonyl (C=O) groups is 1. The van der Waals surface area contributed by atoms with E-state index in [1.807, 2.05) is 22.6 Å². The molecule has 46 valence electrons. The third-order valence-corrected chi connectivity index (χ3v) is 1.70. The van der Waals surface area contributed by atoms with Crippen LogP contribution >= 0.6 is 22.6 Å². The molecule has 0 bridgehead atoms. The van der Waals surface area contributed by atoms with Gasteiger partial charge >= 0.3 is 5.97 Å². The van der Waals surface area contributed by atoms with Crippen molar-refractivity contribution in [1.29, 1.82) is 0 Å². The number of hydrogen-bond acceptors (Lipinski definition) is 2. The van der Waals surface area contributed by atoms with Gasteiger partial charge in [0, 0.05) is 0 Å². The van der Waals surface area contributed by atoms with Gasteiger partial charge in [0.05, 0.1) is 10.7 Å². The zero-order valence-corrected chi connectivity index (χ0v) is 6.93. The Kier molecular flexibility index (Phi) is 3.85. The Bertz CT molecular complexity index is 118. The molecule has 0 unspecified atom stereocenters. The third kappa shape index (κ3) is 2.30. The highest BCUT2D eigenvalue weighted by molar-refractivity contribution is 14.1. The predicted octanol–water partition coefficient (Wildman–Crippen LogP) is 1.50. The molecule has 0 N–H and O–H groups in total. The molecule has 0 atom stereocenters. The Morgan fingerprint density at radius 1 is 1.75 bits per heavy atom. The molecule has 0 aliphatic rings. The van der Waals surface area contributed by atoms with Gasteiger partial charge in [0.2, 0.25) is 0 Å². The van der Waals surface area contributed by atoms with Crippen LogP contribution in [0.1, 0.15) is 6.92 Å². The van der Waals surface area contributed by atoms with Gasteiger partial charge in [-0.05, 0) is 29.5 Å². The first kappa shape index (κ1) is 7.94. The average Bonchev–Trinajstić information content (AvgIpc) is 1.84. The molecule has 0 amide bonds. The number of ether oxygens (including phenoxy) is 1. The standard InChI is InChI=1S/C5H7IO2/c1-3-4(6)5(7)8-2/h3H,1-2H3/b4-3-. The predicted molar refractivity (Wildman–Crippen MR) is 39.8 cm³/mol. The van der Waals surface area contributed by atoms with Gasteiger partial charge in [-0.25, -0.2) is 4.79 Å². The summed E-state index contributed by atoms with van der Waals surface area (Å²) in [7, 11) is 1.37. The minimum atomic E-state index is -0.270. The van der Waals surface area contributed by atoms with E-state index in [9.17, 15) is 4.79 Å². The van der Waals surface area contributed by atoms with Gasteiger partial charge in [0.1, 0.15) is 0 Å². The van der Waals surface area contributed by atoms with Crippen LogP contribution < -0.4 is 0 Å². The summed E-state index contributed by atoms with van der Waals surface area (Å²) in [4.78, 5) is 10.4. The van der Waals surface area contributed by atoms with Crippen LogP contribution in [0.4, 0.5) is 0 Å². The zero-order valence-electron chi connectivity index (χ0n) is 4.77. The van der Waals surface area contributed by atoms with Crippen molar-refractivity contribution in [1.82, 2.24) is 0 Å². The van der Waals surface area contributed by atoms with E-state index < -0.39 is 0 Å². The van der Waals surface area contributed by atoms with Gasteiger partial charge in [-0.15, -0.1) is 0 Å². The van der Waals surface area contributed by atoms with E-state index in [0.717, 1.165) is 0 Å². The lowest BCUT2D eigenvalue weighted by Crippen LogP contribution is -1.97. The molecule has 2 nitrogen and oxygen atoms in total. The van der Waals surface area contributed by atoms with E-state index in [1.165, 1.54) is 7.11 Å². The third-order valence-electron chi connectivity index (χ3n) is 0.634. The maximum atomic E-state index is 10.4. The Morgan fingerprint density at radius 3 is 2.38 bits per heavy atom. The maximum Gasteiger partial charge on any atom is 0.343 e. The Morgan fingerprint density at radius 2 is 2.25 bits per heavy atom. The summed E-state index contributed by atoms with van der Waals surface area (Å²) in [6, 6.07) is 0. The number of halogens is 1. The molecule has 8 heavy (non-hydrogen) atoms. The smallest absolute Gasteiger partial charge is 0.343 e. The van der Waals surface area contributed by atoms with Crippen LogP contribution in [0.25, 0.3) is 0 Å². The van der Waals surface area contributed by atoms with E-state index in [1.54, 1.807) is 13.0 Å². The van der Waals surface area contributed by atoms with Crippen molar-refractivity contribution in [3.8, 4) is 0 Å². The molecule has 0 aromatic heterocycles. The normalized spacial score (nSPS) is 11.1. The highest BCUT2D eigenvalue weighted by Crippen LogP contribution is 2.05. The summed E-state index contributed by atoms with van der Waals surface area (Å²) in [5.41, 5.74) is 0. The molecule has 0 aromatic rings. The molecule has 0 fully saturated rings. The average molecular weight is 226 g/mol. The second kappa shape index (κ2) is 3.88. The van der Waals surface area contributed by atoms with Crippen LogP contribution in [0.5, 0.6) is 0 Å². The zero-order chi connectivity index (χ0) is 6.57. The first-order valence-electron chi connectivity index (χ1n) is 2.12. The highest BCUT2D eigenvalue weighted by atomic mass is 127. The molecule has 0 saturated heterocycles. The largest absolute Gasteiger partial charge is 0.465 e. The van der Waals surface area contributed by atoms with Crippen LogP contribution in [-0.4, -0.2) is 13.1 Å². The molecule has 0 radical (unpaired) electrons. The first-order valence-corrected chi connectivity index (χ1v) is 3.20. The number of hydrogen-bond donors (Lipinski definition) is 0. The number of carbonyl (C=O) groups excluding carboxylic acids is 1. The number of rotatable bonds is 1. The molecule has 0 rings (SSSR count). The van der Waals surface area contributed by atoms with Crippen molar-refractivity contribution in [3.63, 3.8) is 0 Å². The monoisotopic (exact) mass is 226 g/mol. The van der Waals surface area contributed by atoms with E-state index >= 15 is 0 Å². The van der Waals surface area contributed by atoms with E-state index in [4.69, 9.17) is 0 Å². The van der Waals surface area contributed by atoms with Gasteiger partial charge in [-0.1, -0.05) is 6.08 Å². The SMILES string of the molecule is C/C=C(\I)C(=O)OC. The molecule has 0 aliphatic carbocycles. The Hall–Kier alpha value is -0.0600.